The number of rotatable bonds is 5. The summed E-state index contributed by atoms with van der Waals surface area (Å²) in [7, 11) is 1.53. The predicted octanol–water partition coefficient (Wildman–Crippen LogP) is 5.85. The zero-order chi connectivity index (χ0) is 18.8. The van der Waals surface area contributed by atoms with Crippen LogP contribution >= 0.6 is 0 Å². The Kier molecular flexibility index (Phi) is 5.19. The maximum Gasteiger partial charge on any atom is 0.107 e. The number of aryl methyl sites for hydroxylation is 1. The molecular weight excluding hydrogens is 336 g/mol. The molecule has 0 amide bonds. The molecule has 0 atom stereocenters. The van der Waals surface area contributed by atoms with Crippen molar-refractivity contribution in [2.75, 3.05) is 12.8 Å². The Morgan fingerprint density at radius 2 is 1.89 bits per heavy atom. The predicted molar refractivity (Wildman–Crippen MR) is 111 cm³/mol. The van der Waals surface area contributed by atoms with Gasteiger partial charge in [0.2, 0.25) is 0 Å². The highest BCUT2D eigenvalue weighted by molar-refractivity contribution is 5.94. The van der Waals surface area contributed by atoms with Crippen molar-refractivity contribution in [1.82, 2.24) is 4.98 Å². The van der Waals surface area contributed by atoms with Gasteiger partial charge in [-0.1, -0.05) is 43.5 Å². The molecule has 2 aromatic carbocycles. The first-order chi connectivity index (χ1) is 13.2. The Hall–Kier alpha value is -2.30. The molecule has 4 rings (SSSR count). The van der Waals surface area contributed by atoms with Crippen LogP contribution in [0.4, 0.5) is 5.69 Å². The topological polar surface area (TPSA) is 60.3 Å². The summed E-state index contributed by atoms with van der Waals surface area (Å²) in [5, 5.41) is 1.30. The number of anilines is 1. The highest BCUT2D eigenvalue weighted by atomic mass is 17.2. The normalized spacial score (nSPS) is 15.5. The fourth-order valence-electron chi connectivity index (χ4n) is 4.42. The van der Waals surface area contributed by atoms with Gasteiger partial charge in [0.1, 0.15) is 6.61 Å². The van der Waals surface area contributed by atoms with E-state index in [-0.39, 0.29) is 0 Å². The number of benzene rings is 2. The van der Waals surface area contributed by atoms with Crippen molar-refractivity contribution in [2.45, 2.75) is 51.6 Å². The number of hydrogen-bond acceptors (Lipinski definition) is 3. The van der Waals surface area contributed by atoms with Gasteiger partial charge >= 0.3 is 0 Å². The Balaban J connectivity index is 1.86. The summed E-state index contributed by atoms with van der Waals surface area (Å²) in [5.74, 6) is 0.587. The third-order valence-corrected chi connectivity index (χ3v) is 5.74. The largest absolute Gasteiger partial charge is 0.398 e. The fourth-order valence-corrected chi connectivity index (χ4v) is 4.42. The summed E-state index contributed by atoms with van der Waals surface area (Å²) in [6.45, 7) is 2.52. The number of nitrogens with two attached hydrogens (primary N) is 1. The van der Waals surface area contributed by atoms with E-state index in [2.05, 4.69) is 48.3 Å². The van der Waals surface area contributed by atoms with Gasteiger partial charge in [-0.05, 0) is 54.5 Å². The molecule has 3 aromatic rings. The lowest BCUT2D eigenvalue weighted by molar-refractivity contribution is -0.282. The first-order valence-electron chi connectivity index (χ1n) is 9.84. The lowest BCUT2D eigenvalue weighted by atomic mass is 9.81. The van der Waals surface area contributed by atoms with Crippen LogP contribution in [-0.4, -0.2) is 12.1 Å². The smallest absolute Gasteiger partial charge is 0.107 e. The minimum atomic E-state index is 0.437. The Labute approximate surface area is 160 Å². The van der Waals surface area contributed by atoms with Crippen molar-refractivity contribution >= 4 is 16.6 Å². The Morgan fingerprint density at radius 3 is 2.63 bits per heavy atom. The molecule has 4 heteroatoms. The first-order valence-corrected chi connectivity index (χ1v) is 9.84. The van der Waals surface area contributed by atoms with Crippen LogP contribution in [0.1, 0.15) is 54.7 Å². The molecule has 0 spiro atoms. The molecule has 142 valence electrons. The summed E-state index contributed by atoms with van der Waals surface area (Å²) < 4.78 is 0. The van der Waals surface area contributed by atoms with E-state index in [1.807, 2.05) is 0 Å². The van der Waals surface area contributed by atoms with Crippen LogP contribution in [0.25, 0.3) is 22.2 Å². The summed E-state index contributed by atoms with van der Waals surface area (Å²) in [6.07, 6.45) is 6.46. The lowest BCUT2D eigenvalue weighted by Crippen LogP contribution is -2.06. The zero-order valence-electron chi connectivity index (χ0n) is 16.2. The van der Waals surface area contributed by atoms with Crippen molar-refractivity contribution in [3.05, 3.63) is 53.1 Å². The van der Waals surface area contributed by atoms with Crippen LogP contribution in [0.2, 0.25) is 0 Å². The molecule has 0 saturated heterocycles. The minimum absolute atomic E-state index is 0.437. The molecule has 1 saturated carbocycles. The van der Waals surface area contributed by atoms with Crippen LogP contribution in [0.15, 0.2) is 36.4 Å². The van der Waals surface area contributed by atoms with Gasteiger partial charge in [0.25, 0.3) is 0 Å². The van der Waals surface area contributed by atoms with E-state index >= 15 is 0 Å². The van der Waals surface area contributed by atoms with Gasteiger partial charge in [0.05, 0.1) is 12.8 Å². The molecule has 1 aliphatic carbocycles. The highest BCUT2D eigenvalue weighted by Gasteiger charge is 2.24. The van der Waals surface area contributed by atoms with Crippen molar-refractivity contribution in [1.29, 1.82) is 0 Å². The van der Waals surface area contributed by atoms with Gasteiger partial charge in [-0.3, -0.25) is 0 Å². The zero-order valence-corrected chi connectivity index (χ0v) is 16.2. The molecule has 27 heavy (non-hydrogen) atoms. The maximum absolute atomic E-state index is 6.41. The average molecular weight is 364 g/mol. The van der Waals surface area contributed by atoms with E-state index in [0.29, 0.717) is 12.5 Å². The van der Waals surface area contributed by atoms with Crippen LogP contribution in [0.3, 0.4) is 0 Å². The van der Waals surface area contributed by atoms with E-state index in [0.717, 1.165) is 22.3 Å². The van der Waals surface area contributed by atoms with Crippen LogP contribution < -0.4 is 5.73 Å². The first kappa shape index (κ1) is 18.1. The van der Waals surface area contributed by atoms with Crippen LogP contribution in [-0.2, 0) is 16.4 Å². The SMILES string of the molecule is COOCc1ccc2c(C3CCCCC3)c(-c3ccc(C)cc3N)[nH]c2c1. The van der Waals surface area contributed by atoms with Crippen LogP contribution in [0.5, 0.6) is 0 Å². The lowest BCUT2D eigenvalue weighted by Gasteiger charge is -2.23. The summed E-state index contributed by atoms with van der Waals surface area (Å²) in [4.78, 5) is 13.5. The average Bonchev–Trinajstić information content (AvgIpc) is 3.05. The Morgan fingerprint density at radius 1 is 1.07 bits per heavy atom. The number of fused-ring (bicyclic) bond motifs is 1. The van der Waals surface area contributed by atoms with E-state index < -0.39 is 0 Å². The van der Waals surface area contributed by atoms with Crippen molar-refractivity contribution in [3.63, 3.8) is 0 Å². The number of nitrogens with one attached hydrogen (secondary N) is 1. The van der Waals surface area contributed by atoms with E-state index in [1.54, 1.807) is 0 Å². The second-order valence-corrected chi connectivity index (χ2v) is 7.65. The molecular formula is C23H28N2O2. The number of hydrogen-bond donors (Lipinski definition) is 2. The molecule has 1 aliphatic rings. The Bertz CT molecular complexity index is 939. The molecule has 0 bridgehead atoms. The number of aromatic amines is 1. The second kappa shape index (κ2) is 7.75. The van der Waals surface area contributed by atoms with Gasteiger partial charge < -0.3 is 10.7 Å². The van der Waals surface area contributed by atoms with Gasteiger partial charge in [-0.15, -0.1) is 0 Å². The fraction of sp³-hybridized carbons (Fsp3) is 0.391. The van der Waals surface area contributed by atoms with Crippen molar-refractivity contribution < 1.29 is 9.78 Å². The second-order valence-electron chi connectivity index (χ2n) is 7.65. The third-order valence-electron chi connectivity index (χ3n) is 5.74. The minimum Gasteiger partial charge on any atom is -0.398 e. The molecule has 1 heterocycles. The number of nitrogen functional groups attached to an aromatic ring is 1. The van der Waals surface area contributed by atoms with Crippen molar-refractivity contribution in [3.8, 4) is 11.3 Å². The summed E-state index contributed by atoms with van der Waals surface area (Å²) in [6, 6.07) is 12.9. The maximum atomic E-state index is 6.41. The number of H-pyrrole nitrogens is 1. The molecule has 0 unspecified atom stereocenters. The quantitative estimate of drug-likeness (QED) is 0.339. The van der Waals surface area contributed by atoms with E-state index in [9.17, 15) is 0 Å². The van der Waals surface area contributed by atoms with Crippen LogP contribution in [0, 0.1) is 6.92 Å². The van der Waals surface area contributed by atoms with Crippen molar-refractivity contribution in [2.24, 2.45) is 0 Å². The van der Waals surface area contributed by atoms with E-state index in [4.69, 9.17) is 15.5 Å². The highest BCUT2D eigenvalue weighted by Crippen LogP contribution is 2.43. The summed E-state index contributed by atoms with van der Waals surface area (Å²) >= 11 is 0. The molecule has 1 fully saturated rings. The monoisotopic (exact) mass is 364 g/mol. The molecule has 0 aliphatic heterocycles. The molecule has 1 aromatic heterocycles. The van der Waals surface area contributed by atoms with E-state index in [1.165, 1.54) is 61.4 Å². The van der Waals surface area contributed by atoms with Gasteiger partial charge in [-0.2, -0.15) is 0 Å². The van der Waals surface area contributed by atoms with Gasteiger partial charge in [0.15, 0.2) is 0 Å². The standard InChI is InChI=1S/C23H28N2O2/c1-15-8-10-18(20(24)12-15)23-22(17-6-4-3-5-7-17)19-11-9-16(14-27-26-2)13-21(19)25-23/h8-13,17,25H,3-7,14,24H2,1-2H3. The molecule has 3 N–H and O–H groups in total. The summed E-state index contributed by atoms with van der Waals surface area (Å²) in [5.41, 5.74) is 14.4. The van der Waals surface area contributed by atoms with Gasteiger partial charge in [0, 0.05) is 22.2 Å². The number of aromatic nitrogens is 1. The van der Waals surface area contributed by atoms with Gasteiger partial charge in [-0.25, -0.2) is 9.78 Å². The molecule has 4 nitrogen and oxygen atoms in total. The third kappa shape index (κ3) is 3.60. The molecule has 0 radical (unpaired) electrons.